The van der Waals surface area contributed by atoms with Crippen LogP contribution in [0.4, 0.5) is 5.69 Å². The van der Waals surface area contributed by atoms with Gasteiger partial charge >= 0.3 is 0 Å². The van der Waals surface area contributed by atoms with Crippen LogP contribution in [-0.4, -0.2) is 19.0 Å². The Morgan fingerprint density at radius 1 is 1.17 bits per heavy atom. The van der Waals surface area contributed by atoms with Crippen molar-refractivity contribution >= 4 is 34.8 Å². The summed E-state index contributed by atoms with van der Waals surface area (Å²) in [6.07, 6.45) is 2.46. The SMILES string of the molecule is O=C1Nc2c(Cl)cc(Cl)cc2CC12CCNCC2. The first-order chi connectivity index (χ1) is 8.61. The van der Waals surface area contributed by atoms with Crippen molar-refractivity contribution in [3.05, 3.63) is 27.7 Å². The predicted molar refractivity (Wildman–Crippen MR) is 73.3 cm³/mol. The zero-order valence-electron chi connectivity index (χ0n) is 9.85. The Morgan fingerprint density at radius 2 is 1.89 bits per heavy atom. The Balaban J connectivity index is 2.02. The van der Waals surface area contributed by atoms with E-state index in [0.29, 0.717) is 10.0 Å². The van der Waals surface area contributed by atoms with E-state index in [-0.39, 0.29) is 11.3 Å². The molecule has 5 heteroatoms. The number of nitrogens with one attached hydrogen (secondary N) is 2. The van der Waals surface area contributed by atoms with Crippen LogP contribution in [0.25, 0.3) is 0 Å². The molecule has 0 aromatic heterocycles. The normalized spacial score (nSPS) is 21.6. The Bertz CT molecular complexity index is 510. The number of benzene rings is 1. The van der Waals surface area contributed by atoms with E-state index in [0.717, 1.165) is 43.6 Å². The number of hydrogen-bond donors (Lipinski definition) is 2. The number of piperidine rings is 1. The lowest BCUT2D eigenvalue weighted by Crippen LogP contribution is -2.48. The molecule has 0 atom stereocenters. The van der Waals surface area contributed by atoms with Gasteiger partial charge in [-0.3, -0.25) is 4.79 Å². The van der Waals surface area contributed by atoms with Gasteiger partial charge in [0.2, 0.25) is 5.91 Å². The van der Waals surface area contributed by atoms with Crippen LogP contribution in [0.3, 0.4) is 0 Å². The molecule has 3 nitrogen and oxygen atoms in total. The third-order valence-electron chi connectivity index (χ3n) is 3.95. The summed E-state index contributed by atoms with van der Waals surface area (Å²) in [6, 6.07) is 3.58. The Morgan fingerprint density at radius 3 is 2.61 bits per heavy atom. The molecule has 3 rings (SSSR count). The molecule has 18 heavy (non-hydrogen) atoms. The van der Waals surface area contributed by atoms with E-state index in [9.17, 15) is 4.79 Å². The lowest BCUT2D eigenvalue weighted by Gasteiger charge is -2.40. The average molecular weight is 285 g/mol. The minimum absolute atomic E-state index is 0.0979. The maximum absolute atomic E-state index is 12.3. The summed E-state index contributed by atoms with van der Waals surface area (Å²) in [4.78, 5) is 12.3. The molecular formula is C13H14Cl2N2O. The topological polar surface area (TPSA) is 41.1 Å². The maximum Gasteiger partial charge on any atom is 0.231 e. The van der Waals surface area contributed by atoms with Crippen molar-refractivity contribution in [3.8, 4) is 0 Å². The minimum Gasteiger partial charge on any atom is -0.324 e. The van der Waals surface area contributed by atoms with Gasteiger partial charge in [0, 0.05) is 5.02 Å². The van der Waals surface area contributed by atoms with Crippen molar-refractivity contribution in [2.24, 2.45) is 5.41 Å². The maximum atomic E-state index is 12.3. The van der Waals surface area contributed by atoms with Crippen LogP contribution in [-0.2, 0) is 11.2 Å². The lowest BCUT2D eigenvalue weighted by molar-refractivity contribution is -0.127. The van der Waals surface area contributed by atoms with Gasteiger partial charge < -0.3 is 10.6 Å². The Hall–Kier alpha value is -0.770. The van der Waals surface area contributed by atoms with Gasteiger partial charge in [0.15, 0.2) is 0 Å². The summed E-state index contributed by atoms with van der Waals surface area (Å²) in [6.45, 7) is 1.77. The van der Waals surface area contributed by atoms with E-state index in [1.54, 1.807) is 6.07 Å². The van der Waals surface area contributed by atoms with Crippen LogP contribution in [0, 0.1) is 5.41 Å². The first-order valence-electron chi connectivity index (χ1n) is 6.11. The molecule has 96 valence electrons. The molecule has 2 heterocycles. The van der Waals surface area contributed by atoms with Gasteiger partial charge in [0.25, 0.3) is 0 Å². The lowest BCUT2D eigenvalue weighted by atomic mass is 9.71. The molecule has 0 bridgehead atoms. The number of hydrogen-bond acceptors (Lipinski definition) is 2. The van der Waals surface area contributed by atoms with Crippen molar-refractivity contribution < 1.29 is 4.79 Å². The van der Waals surface area contributed by atoms with Gasteiger partial charge in [0.1, 0.15) is 0 Å². The van der Waals surface area contributed by atoms with Crippen molar-refractivity contribution in [3.63, 3.8) is 0 Å². The van der Waals surface area contributed by atoms with Gasteiger partial charge in [-0.05, 0) is 50.0 Å². The standard InChI is InChI=1S/C13H14Cl2N2O/c14-9-5-8-7-13(1-3-16-4-2-13)12(18)17-11(8)10(15)6-9/h5-6,16H,1-4,7H2,(H,17,18). The molecule has 1 fully saturated rings. The molecular weight excluding hydrogens is 271 g/mol. The fourth-order valence-electron chi connectivity index (χ4n) is 2.91. The van der Waals surface area contributed by atoms with E-state index in [2.05, 4.69) is 10.6 Å². The fourth-order valence-corrected chi connectivity index (χ4v) is 3.49. The quantitative estimate of drug-likeness (QED) is 0.769. The highest BCUT2D eigenvalue weighted by Gasteiger charge is 2.43. The van der Waals surface area contributed by atoms with Crippen molar-refractivity contribution in [1.82, 2.24) is 5.32 Å². The van der Waals surface area contributed by atoms with Gasteiger partial charge in [0.05, 0.1) is 16.1 Å². The van der Waals surface area contributed by atoms with Crippen LogP contribution in [0.2, 0.25) is 10.0 Å². The second kappa shape index (κ2) is 4.41. The first kappa shape index (κ1) is 12.3. The van der Waals surface area contributed by atoms with E-state index in [4.69, 9.17) is 23.2 Å². The van der Waals surface area contributed by atoms with Gasteiger partial charge in [-0.25, -0.2) is 0 Å². The zero-order chi connectivity index (χ0) is 12.8. The van der Waals surface area contributed by atoms with Crippen molar-refractivity contribution in [2.75, 3.05) is 18.4 Å². The number of amides is 1. The Labute approximate surface area is 116 Å². The van der Waals surface area contributed by atoms with Gasteiger partial charge in [-0.1, -0.05) is 23.2 Å². The molecule has 2 aliphatic heterocycles. The number of carbonyl (C=O) groups is 1. The molecule has 1 aromatic carbocycles. The van der Waals surface area contributed by atoms with Gasteiger partial charge in [-0.15, -0.1) is 0 Å². The van der Waals surface area contributed by atoms with Gasteiger partial charge in [-0.2, -0.15) is 0 Å². The highest BCUT2D eigenvalue weighted by Crippen LogP contribution is 2.43. The van der Waals surface area contributed by atoms with Crippen molar-refractivity contribution in [1.29, 1.82) is 0 Å². The molecule has 2 N–H and O–H groups in total. The molecule has 1 aromatic rings. The second-order valence-electron chi connectivity index (χ2n) is 5.08. The van der Waals surface area contributed by atoms with Crippen LogP contribution in [0.5, 0.6) is 0 Å². The molecule has 1 amide bonds. The van der Waals surface area contributed by atoms with E-state index in [1.807, 2.05) is 6.07 Å². The number of anilines is 1. The third kappa shape index (κ3) is 1.91. The third-order valence-corrected chi connectivity index (χ3v) is 4.46. The molecule has 1 saturated heterocycles. The molecule has 0 aliphatic carbocycles. The smallest absolute Gasteiger partial charge is 0.231 e. The monoisotopic (exact) mass is 284 g/mol. The van der Waals surface area contributed by atoms with Crippen LogP contribution >= 0.6 is 23.2 Å². The number of halogens is 2. The first-order valence-corrected chi connectivity index (χ1v) is 6.86. The zero-order valence-corrected chi connectivity index (χ0v) is 11.4. The Kier molecular flexibility index (Phi) is 3.00. The molecule has 0 radical (unpaired) electrons. The fraction of sp³-hybridized carbons (Fsp3) is 0.462. The summed E-state index contributed by atoms with van der Waals surface area (Å²) in [5, 5.41) is 7.40. The van der Waals surface area contributed by atoms with Crippen LogP contribution < -0.4 is 10.6 Å². The van der Waals surface area contributed by atoms with E-state index < -0.39 is 0 Å². The molecule has 1 spiro atoms. The highest BCUT2D eigenvalue weighted by molar-refractivity contribution is 6.37. The summed E-state index contributed by atoms with van der Waals surface area (Å²) < 4.78 is 0. The van der Waals surface area contributed by atoms with E-state index in [1.165, 1.54) is 0 Å². The summed E-state index contributed by atoms with van der Waals surface area (Å²) in [7, 11) is 0. The van der Waals surface area contributed by atoms with Crippen LogP contribution in [0.15, 0.2) is 12.1 Å². The van der Waals surface area contributed by atoms with E-state index >= 15 is 0 Å². The molecule has 0 saturated carbocycles. The number of carbonyl (C=O) groups excluding carboxylic acids is 1. The number of fused-ring (bicyclic) bond motifs is 1. The number of rotatable bonds is 0. The largest absolute Gasteiger partial charge is 0.324 e. The second-order valence-corrected chi connectivity index (χ2v) is 5.93. The molecule has 0 unspecified atom stereocenters. The molecule has 2 aliphatic rings. The highest BCUT2D eigenvalue weighted by atomic mass is 35.5. The predicted octanol–water partition coefficient (Wildman–Crippen LogP) is 2.86. The minimum atomic E-state index is -0.285. The average Bonchev–Trinajstić information content (AvgIpc) is 2.33. The van der Waals surface area contributed by atoms with Crippen molar-refractivity contribution in [2.45, 2.75) is 19.3 Å². The summed E-state index contributed by atoms with van der Waals surface area (Å²) in [5.41, 5.74) is 1.50. The van der Waals surface area contributed by atoms with Crippen LogP contribution in [0.1, 0.15) is 18.4 Å². The summed E-state index contributed by atoms with van der Waals surface area (Å²) >= 11 is 12.2. The summed E-state index contributed by atoms with van der Waals surface area (Å²) in [5.74, 6) is 0.0979.